The van der Waals surface area contributed by atoms with Crippen molar-refractivity contribution in [2.45, 2.75) is 4.90 Å². The fraction of sp³-hybridized carbons (Fsp3) is 0. The molecule has 0 saturated carbocycles. The Balaban J connectivity index is 0.00000121. The number of thiol groups is 1. The van der Waals surface area contributed by atoms with Crippen LogP contribution >= 0.6 is 25.0 Å². The highest BCUT2D eigenvalue weighted by Gasteiger charge is 2.13. The zero-order valence-corrected chi connectivity index (χ0v) is 7.35. The molecule has 1 nitrogen and oxygen atoms in total. The lowest BCUT2D eigenvalue weighted by Gasteiger charge is -2.01. The monoisotopic (exact) mass is 215 g/mol. The van der Waals surface area contributed by atoms with Crippen molar-refractivity contribution in [3.63, 3.8) is 0 Å². The molecule has 12 heavy (non-hydrogen) atoms. The van der Waals surface area contributed by atoms with Gasteiger partial charge in [-0.15, -0.1) is 25.0 Å². The summed E-state index contributed by atoms with van der Waals surface area (Å²) in [6, 6.07) is 0.397. The molecule has 6 heteroatoms. The van der Waals surface area contributed by atoms with Crippen molar-refractivity contribution in [3.8, 4) is 0 Å². The molecule has 0 amide bonds. The summed E-state index contributed by atoms with van der Waals surface area (Å²) < 4.78 is 37.2. The van der Waals surface area contributed by atoms with Gasteiger partial charge in [0, 0.05) is 6.07 Å². The van der Waals surface area contributed by atoms with Crippen molar-refractivity contribution in [2.24, 2.45) is 0 Å². The number of rotatable bonds is 0. The molecule has 0 fully saturated rings. The van der Waals surface area contributed by atoms with E-state index in [9.17, 15) is 13.2 Å². The van der Waals surface area contributed by atoms with Gasteiger partial charge < -0.3 is 5.73 Å². The van der Waals surface area contributed by atoms with Gasteiger partial charge in [0.2, 0.25) is 0 Å². The molecule has 0 aromatic heterocycles. The summed E-state index contributed by atoms with van der Waals surface area (Å²) in [5.41, 5.74) is 4.35. The molecule has 0 aliphatic heterocycles. The Kier molecular flexibility index (Phi) is 3.73. The highest BCUT2D eigenvalue weighted by molar-refractivity contribution is 7.80. The molecule has 0 bridgehead atoms. The molecule has 1 aromatic rings. The van der Waals surface area contributed by atoms with Crippen LogP contribution in [0.5, 0.6) is 0 Å². The predicted octanol–water partition coefficient (Wildman–Crippen LogP) is 2.40. The van der Waals surface area contributed by atoms with Crippen molar-refractivity contribution in [1.29, 1.82) is 0 Å². The van der Waals surface area contributed by atoms with Gasteiger partial charge in [0.05, 0.1) is 10.6 Å². The van der Waals surface area contributed by atoms with Gasteiger partial charge in [-0.2, -0.15) is 0 Å². The van der Waals surface area contributed by atoms with Crippen LogP contribution in [0.1, 0.15) is 0 Å². The molecule has 0 unspecified atom stereocenters. The Labute approximate surface area is 78.6 Å². The molecule has 1 aromatic carbocycles. The van der Waals surface area contributed by atoms with Crippen LogP contribution in [-0.4, -0.2) is 0 Å². The molecule has 0 atom stereocenters. The van der Waals surface area contributed by atoms with E-state index in [1.165, 1.54) is 0 Å². The Hall–Kier alpha value is -0.550. The molecule has 0 radical (unpaired) electrons. The second-order valence-electron chi connectivity index (χ2n) is 1.92. The average Bonchev–Trinajstić information content (AvgIpc) is 1.97. The van der Waals surface area contributed by atoms with Gasteiger partial charge in [-0.3, -0.25) is 0 Å². The minimum Gasteiger partial charge on any atom is -0.395 e. The number of halogens is 4. The molecular formula is C6H5ClF3NS. The zero-order chi connectivity index (χ0) is 8.59. The fourth-order valence-electron chi connectivity index (χ4n) is 0.604. The summed E-state index contributed by atoms with van der Waals surface area (Å²) in [6.07, 6.45) is 0. The summed E-state index contributed by atoms with van der Waals surface area (Å²) in [5, 5.41) is 0. The van der Waals surface area contributed by atoms with E-state index in [1.54, 1.807) is 0 Å². The van der Waals surface area contributed by atoms with E-state index >= 15 is 0 Å². The van der Waals surface area contributed by atoms with Gasteiger partial charge in [-0.05, 0) is 0 Å². The predicted molar refractivity (Wildman–Crippen MR) is 45.2 cm³/mol. The van der Waals surface area contributed by atoms with Crippen molar-refractivity contribution < 1.29 is 13.2 Å². The number of nitrogens with two attached hydrogens (primary N) is 1. The molecule has 68 valence electrons. The Morgan fingerprint density at radius 2 is 1.67 bits per heavy atom. The number of hydrogen-bond donors (Lipinski definition) is 2. The normalized spacial score (nSPS) is 9.33. The largest absolute Gasteiger partial charge is 0.395 e. The quantitative estimate of drug-likeness (QED) is 0.388. The van der Waals surface area contributed by atoms with E-state index in [4.69, 9.17) is 5.73 Å². The molecule has 0 saturated heterocycles. The summed E-state index contributed by atoms with van der Waals surface area (Å²) in [6.45, 7) is 0. The van der Waals surface area contributed by atoms with Crippen LogP contribution in [0, 0.1) is 17.5 Å². The van der Waals surface area contributed by atoms with Crippen molar-refractivity contribution >= 4 is 30.7 Å². The van der Waals surface area contributed by atoms with Gasteiger partial charge in [0.15, 0.2) is 11.6 Å². The number of benzene rings is 1. The van der Waals surface area contributed by atoms with E-state index < -0.39 is 23.1 Å². The summed E-state index contributed by atoms with van der Waals surface area (Å²) in [7, 11) is 0. The smallest absolute Gasteiger partial charge is 0.183 e. The summed E-state index contributed by atoms with van der Waals surface area (Å²) >= 11 is 3.52. The second kappa shape index (κ2) is 3.91. The van der Waals surface area contributed by atoms with Crippen LogP contribution in [0.2, 0.25) is 0 Å². The van der Waals surface area contributed by atoms with Crippen molar-refractivity contribution in [2.75, 3.05) is 5.73 Å². The minimum absolute atomic E-state index is 0. The summed E-state index contributed by atoms with van der Waals surface area (Å²) in [4.78, 5) is -0.371. The van der Waals surface area contributed by atoms with Crippen LogP contribution in [-0.2, 0) is 0 Å². The Bertz CT molecular complexity index is 279. The third-order valence-electron chi connectivity index (χ3n) is 1.18. The maximum absolute atomic E-state index is 12.5. The van der Waals surface area contributed by atoms with Gasteiger partial charge in [0.25, 0.3) is 0 Å². The Morgan fingerprint density at radius 3 is 2.17 bits per heavy atom. The first-order valence-electron chi connectivity index (χ1n) is 2.66. The Morgan fingerprint density at radius 1 is 1.17 bits per heavy atom. The third-order valence-corrected chi connectivity index (χ3v) is 1.64. The van der Waals surface area contributed by atoms with Gasteiger partial charge in [-0.25, -0.2) is 13.2 Å². The molecule has 0 spiro atoms. The first kappa shape index (κ1) is 11.4. The maximum atomic E-state index is 12.5. The molecular weight excluding hydrogens is 211 g/mol. The summed E-state index contributed by atoms with van der Waals surface area (Å²) in [5.74, 6) is -3.54. The lowest BCUT2D eigenvalue weighted by atomic mass is 10.3. The molecule has 2 N–H and O–H groups in total. The van der Waals surface area contributed by atoms with Crippen LogP contribution in [0.4, 0.5) is 18.9 Å². The first-order valence-corrected chi connectivity index (χ1v) is 3.10. The van der Waals surface area contributed by atoms with E-state index in [0.717, 1.165) is 0 Å². The van der Waals surface area contributed by atoms with Crippen LogP contribution < -0.4 is 5.73 Å². The van der Waals surface area contributed by atoms with Crippen molar-refractivity contribution in [3.05, 3.63) is 23.5 Å². The minimum atomic E-state index is -1.31. The van der Waals surface area contributed by atoms with Crippen LogP contribution in [0.15, 0.2) is 11.0 Å². The SMILES string of the molecule is Cl.Nc1c(F)c(F)cc(F)c1S. The molecule has 0 heterocycles. The second-order valence-corrected chi connectivity index (χ2v) is 2.36. The number of anilines is 1. The van der Waals surface area contributed by atoms with E-state index in [2.05, 4.69) is 12.6 Å². The topological polar surface area (TPSA) is 26.0 Å². The number of hydrogen-bond acceptors (Lipinski definition) is 2. The van der Waals surface area contributed by atoms with Crippen LogP contribution in [0.25, 0.3) is 0 Å². The molecule has 0 aliphatic rings. The van der Waals surface area contributed by atoms with E-state index in [-0.39, 0.29) is 17.3 Å². The average molecular weight is 216 g/mol. The third kappa shape index (κ3) is 1.78. The van der Waals surface area contributed by atoms with Gasteiger partial charge in [-0.1, -0.05) is 0 Å². The maximum Gasteiger partial charge on any atom is 0.183 e. The van der Waals surface area contributed by atoms with E-state index in [1.807, 2.05) is 0 Å². The zero-order valence-electron chi connectivity index (χ0n) is 5.64. The molecule has 0 aliphatic carbocycles. The first-order chi connectivity index (χ1) is 5.04. The highest BCUT2D eigenvalue weighted by atomic mass is 35.5. The molecule has 1 rings (SSSR count). The highest BCUT2D eigenvalue weighted by Crippen LogP contribution is 2.25. The van der Waals surface area contributed by atoms with E-state index in [0.29, 0.717) is 6.07 Å². The standard InChI is InChI=1S/C6H4F3NS.ClH/c7-2-1-3(8)6(11)5(10)4(2)9;/h1,11H,10H2;1H. The lowest BCUT2D eigenvalue weighted by molar-refractivity contribution is 0.490. The van der Waals surface area contributed by atoms with Gasteiger partial charge in [0.1, 0.15) is 5.82 Å². The van der Waals surface area contributed by atoms with Gasteiger partial charge >= 0.3 is 0 Å². The van der Waals surface area contributed by atoms with Crippen LogP contribution in [0.3, 0.4) is 0 Å². The van der Waals surface area contributed by atoms with Crippen molar-refractivity contribution in [1.82, 2.24) is 0 Å². The fourth-order valence-corrected chi connectivity index (χ4v) is 0.767. The lowest BCUT2D eigenvalue weighted by Crippen LogP contribution is -1.98. The number of nitrogen functional groups attached to an aromatic ring is 1.